The van der Waals surface area contributed by atoms with E-state index in [0.717, 1.165) is 25.5 Å². The summed E-state index contributed by atoms with van der Waals surface area (Å²) in [5, 5.41) is 6.67. The third kappa shape index (κ3) is 5.30. The van der Waals surface area contributed by atoms with Crippen LogP contribution in [-0.4, -0.2) is 34.9 Å². The number of aromatic nitrogens is 2. The van der Waals surface area contributed by atoms with Crippen LogP contribution in [0.15, 0.2) is 30.5 Å². The highest BCUT2D eigenvalue weighted by molar-refractivity contribution is 6.30. The van der Waals surface area contributed by atoms with Gasteiger partial charge in [0, 0.05) is 11.6 Å². The molecule has 2 aromatic rings. The highest BCUT2D eigenvalue weighted by Crippen LogP contribution is 2.34. The quantitative estimate of drug-likeness (QED) is 0.666. The van der Waals surface area contributed by atoms with E-state index in [0.29, 0.717) is 15.6 Å². The minimum atomic E-state index is -4.75. The average Bonchev–Trinajstić information content (AvgIpc) is 3.13. The van der Waals surface area contributed by atoms with E-state index in [1.54, 1.807) is 0 Å². The molecule has 0 spiro atoms. The van der Waals surface area contributed by atoms with E-state index in [9.17, 15) is 18.0 Å². The lowest BCUT2D eigenvalue weighted by molar-refractivity contribution is -0.143. The molecule has 9 heteroatoms. The lowest BCUT2D eigenvalue weighted by Crippen LogP contribution is -2.32. The van der Waals surface area contributed by atoms with Crippen molar-refractivity contribution in [3.8, 4) is 5.69 Å². The molecule has 1 aromatic heterocycles. The normalized spacial score (nSPS) is 19.9. The smallest absolute Gasteiger partial charge is 0.376 e. The second kappa shape index (κ2) is 9.17. The van der Waals surface area contributed by atoms with Crippen LogP contribution in [0.5, 0.6) is 0 Å². The van der Waals surface area contributed by atoms with Gasteiger partial charge in [-0.15, -0.1) is 0 Å². The number of alkyl halides is 3. The van der Waals surface area contributed by atoms with Gasteiger partial charge in [0.15, 0.2) is 5.69 Å². The van der Waals surface area contributed by atoms with Crippen molar-refractivity contribution in [2.45, 2.75) is 44.9 Å². The number of benzene rings is 1. The molecule has 1 fully saturated rings. The summed E-state index contributed by atoms with van der Waals surface area (Å²) in [7, 11) is 0. The molecule has 2 atom stereocenters. The van der Waals surface area contributed by atoms with Gasteiger partial charge in [-0.05, 0) is 43.0 Å². The molecule has 0 aliphatic heterocycles. The number of amides is 1. The monoisotopic (exact) mass is 429 g/mol. The van der Waals surface area contributed by atoms with Crippen molar-refractivity contribution in [1.82, 2.24) is 15.1 Å². The molecule has 1 heterocycles. The molecule has 0 bridgehead atoms. The lowest BCUT2D eigenvalue weighted by atomic mass is 9.88. The van der Waals surface area contributed by atoms with Crippen LogP contribution < -0.4 is 5.32 Å². The fraction of sp³-hybridized carbons (Fsp3) is 0.500. The number of carbonyl (C=O) groups is 1. The van der Waals surface area contributed by atoms with Crippen LogP contribution in [0.1, 0.15) is 48.7 Å². The SMILES string of the molecule is CC1CCCCC1OCCNC(=O)c1cnn(-c2ccc(Cl)cc2)c1C(F)(F)F. The van der Waals surface area contributed by atoms with Gasteiger partial charge >= 0.3 is 6.18 Å². The summed E-state index contributed by atoms with van der Waals surface area (Å²) in [6.07, 6.45) is 0.694. The Kier molecular flexibility index (Phi) is 6.85. The number of halogens is 4. The molecule has 0 saturated heterocycles. The van der Waals surface area contributed by atoms with Crippen LogP contribution in [0, 0.1) is 5.92 Å². The molecule has 158 valence electrons. The molecule has 0 radical (unpaired) electrons. The zero-order valence-corrected chi connectivity index (χ0v) is 16.8. The van der Waals surface area contributed by atoms with Gasteiger partial charge in [-0.3, -0.25) is 4.79 Å². The maximum atomic E-state index is 13.7. The Morgan fingerprint density at radius 1 is 1.28 bits per heavy atom. The zero-order chi connectivity index (χ0) is 21.0. The van der Waals surface area contributed by atoms with Crippen molar-refractivity contribution < 1.29 is 22.7 Å². The fourth-order valence-electron chi connectivity index (χ4n) is 3.57. The van der Waals surface area contributed by atoms with Crippen molar-refractivity contribution in [2.24, 2.45) is 5.92 Å². The molecule has 1 aliphatic carbocycles. The van der Waals surface area contributed by atoms with Gasteiger partial charge in [0.05, 0.1) is 30.2 Å². The Bertz CT molecular complexity index is 836. The second-order valence-corrected chi connectivity index (χ2v) is 7.66. The Morgan fingerprint density at radius 2 is 1.97 bits per heavy atom. The molecular formula is C20H23ClF3N3O2. The first kappa shape index (κ1) is 21.6. The summed E-state index contributed by atoms with van der Waals surface area (Å²) in [5.74, 6) is -0.383. The maximum absolute atomic E-state index is 13.7. The van der Waals surface area contributed by atoms with E-state index in [1.165, 1.54) is 30.7 Å². The number of ether oxygens (including phenoxy) is 1. The fourth-order valence-corrected chi connectivity index (χ4v) is 3.69. The van der Waals surface area contributed by atoms with E-state index in [1.807, 2.05) is 0 Å². The van der Waals surface area contributed by atoms with Crippen molar-refractivity contribution in [3.05, 3.63) is 46.7 Å². The summed E-state index contributed by atoms with van der Waals surface area (Å²) in [4.78, 5) is 12.4. The van der Waals surface area contributed by atoms with Crippen molar-refractivity contribution in [3.63, 3.8) is 0 Å². The first-order valence-corrected chi connectivity index (χ1v) is 9.96. The van der Waals surface area contributed by atoms with E-state index in [4.69, 9.17) is 16.3 Å². The largest absolute Gasteiger partial charge is 0.434 e. The highest BCUT2D eigenvalue weighted by atomic mass is 35.5. The molecule has 1 aliphatic rings. The standard InChI is InChI=1S/C20H23ClF3N3O2/c1-13-4-2-3-5-17(13)29-11-10-25-19(28)16-12-26-27(18(16)20(22,23)24)15-8-6-14(21)7-9-15/h6-9,12-13,17H,2-5,10-11H2,1H3,(H,25,28). The number of hydrogen-bond acceptors (Lipinski definition) is 3. The minimum Gasteiger partial charge on any atom is -0.376 e. The van der Waals surface area contributed by atoms with Gasteiger partial charge in [0.25, 0.3) is 5.91 Å². The van der Waals surface area contributed by atoms with Crippen LogP contribution in [0.2, 0.25) is 5.02 Å². The third-order valence-corrected chi connectivity index (χ3v) is 5.36. The summed E-state index contributed by atoms with van der Waals surface area (Å²) in [6, 6.07) is 5.74. The molecule has 1 saturated carbocycles. The molecular weight excluding hydrogens is 407 g/mol. The van der Waals surface area contributed by atoms with Crippen molar-refractivity contribution >= 4 is 17.5 Å². The van der Waals surface area contributed by atoms with Crippen LogP contribution >= 0.6 is 11.6 Å². The third-order valence-electron chi connectivity index (χ3n) is 5.11. The van der Waals surface area contributed by atoms with Crippen molar-refractivity contribution in [1.29, 1.82) is 0 Å². The van der Waals surface area contributed by atoms with E-state index in [2.05, 4.69) is 17.3 Å². The predicted molar refractivity (Wildman–Crippen MR) is 103 cm³/mol. The van der Waals surface area contributed by atoms with Gasteiger partial charge in [-0.2, -0.15) is 18.3 Å². The summed E-state index contributed by atoms with van der Waals surface area (Å²) in [5.41, 5.74) is -1.49. The summed E-state index contributed by atoms with van der Waals surface area (Å²) >= 11 is 5.79. The second-order valence-electron chi connectivity index (χ2n) is 7.22. The Hall–Kier alpha value is -2.06. The molecule has 1 aromatic carbocycles. The first-order valence-electron chi connectivity index (χ1n) is 9.58. The number of rotatable bonds is 6. The molecule has 3 rings (SSSR count). The molecule has 29 heavy (non-hydrogen) atoms. The van der Waals surface area contributed by atoms with E-state index < -0.39 is 23.3 Å². The minimum absolute atomic E-state index is 0.130. The average molecular weight is 430 g/mol. The molecule has 5 nitrogen and oxygen atoms in total. The Labute approximate surface area is 172 Å². The first-order chi connectivity index (χ1) is 13.8. The lowest BCUT2D eigenvalue weighted by Gasteiger charge is -2.28. The predicted octanol–water partition coefficient (Wildman–Crippen LogP) is 4.87. The Morgan fingerprint density at radius 3 is 2.62 bits per heavy atom. The highest BCUT2D eigenvalue weighted by Gasteiger charge is 2.40. The number of nitrogens with zero attached hydrogens (tertiary/aromatic N) is 2. The number of hydrogen-bond donors (Lipinski definition) is 1. The maximum Gasteiger partial charge on any atom is 0.434 e. The van der Waals surface area contributed by atoms with Gasteiger partial charge in [0.2, 0.25) is 0 Å². The number of carbonyl (C=O) groups excluding carboxylic acids is 1. The topological polar surface area (TPSA) is 56.1 Å². The molecule has 2 unspecified atom stereocenters. The Balaban J connectivity index is 1.67. The van der Waals surface area contributed by atoms with Crippen LogP contribution in [0.4, 0.5) is 13.2 Å². The summed E-state index contributed by atoms with van der Waals surface area (Å²) < 4.78 is 47.4. The molecule has 1 N–H and O–H groups in total. The van der Waals surface area contributed by atoms with E-state index in [-0.39, 0.29) is 24.9 Å². The zero-order valence-electron chi connectivity index (χ0n) is 16.0. The van der Waals surface area contributed by atoms with Crippen molar-refractivity contribution in [2.75, 3.05) is 13.2 Å². The van der Waals surface area contributed by atoms with Crippen LogP contribution in [0.3, 0.4) is 0 Å². The van der Waals surface area contributed by atoms with Gasteiger partial charge in [-0.1, -0.05) is 31.4 Å². The van der Waals surface area contributed by atoms with Gasteiger partial charge in [0.1, 0.15) is 0 Å². The van der Waals surface area contributed by atoms with E-state index >= 15 is 0 Å². The molecule has 1 amide bonds. The van der Waals surface area contributed by atoms with Gasteiger partial charge < -0.3 is 10.1 Å². The van der Waals surface area contributed by atoms with Gasteiger partial charge in [-0.25, -0.2) is 4.68 Å². The number of nitrogens with one attached hydrogen (secondary N) is 1. The van der Waals surface area contributed by atoms with Crippen LogP contribution in [0.25, 0.3) is 5.69 Å². The van der Waals surface area contributed by atoms with Crippen LogP contribution in [-0.2, 0) is 10.9 Å². The summed E-state index contributed by atoms with van der Waals surface area (Å²) in [6.45, 7) is 2.52.